The first-order valence-corrected chi connectivity index (χ1v) is 10.7. The van der Waals surface area contributed by atoms with Gasteiger partial charge in [0.2, 0.25) is 0 Å². The van der Waals surface area contributed by atoms with Gasteiger partial charge in [-0.1, -0.05) is 29.4 Å². The van der Waals surface area contributed by atoms with Gasteiger partial charge in [0.25, 0.3) is 0 Å². The first-order chi connectivity index (χ1) is 16.9. The molecule has 0 unspecified atom stereocenters. The van der Waals surface area contributed by atoms with Crippen LogP contribution in [0.2, 0.25) is 0 Å². The quantitative estimate of drug-likeness (QED) is 0.362. The van der Waals surface area contributed by atoms with Crippen molar-refractivity contribution in [3.05, 3.63) is 76.7 Å². The van der Waals surface area contributed by atoms with Crippen LogP contribution in [-0.2, 0) is 6.54 Å². The van der Waals surface area contributed by atoms with Crippen LogP contribution in [0.1, 0.15) is 5.69 Å². The fourth-order valence-electron chi connectivity index (χ4n) is 3.99. The molecule has 9 nitrogen and oxygen atoms in total. The standard InChI is InChI=1S/C24H20F2N6O3/c1-13-9-16-19(34-2)10-17(25)21(26)22(16)32(13)8-7-27-20-11-18(28-12-29-20)14-3-5-15(6-4-14)23-30-24(33)35-31-23/h3-6,9-12H,7-8H2,1-2H3,(H,27,28,29)(H,30,31,33). The maximum atomic E-state index is 14.6. The first kappa shape index (κ1) is 22.3. The highest BCUT2D eigenvalue weighted by molar-refractivity contribution is 5.88. The molecule has 2 aromatic carbocycles. The van der Waals surface area contributed by atoms with E-state index < -0.39 is 17.4 Å². The van der Waals surface area contributed by atoms with Crippen molar-refractivity contribution in [3.8, 4) is 28.4 Å². The van der Waals surface area contributed by atoms with Crippen molar-refractivity contribution in [2.45, 2.75) is 13.5 Å². The lowest BCUT2D eigenvalue weighted by Gasteiger charge is -2.12. The summed E-state index contributed by atoms with van der Waals surface area (Å²) in [6, 6.07) is 11.9. The number of hydrogen-bond donors (Lipinski definition) is 2. The molecule has 0 radical (unpaired) electrons. The van der Waals surface area contributed by atoms with Crippen LogP contribution in [0, 0.1) is 18.6 Å². The van der Waals surface area contributed by atoms with Crippen LogP contribution in [-0.4, -0.2) is 38.3 Å². The van der Waals surface area contributed by atoms with Crippen LogP contribution in [0.3, 0.4) is 0 Å². The zero-order valence-corrected chi connectivity index (χ0v) is 18.8. The zero-order valence-electron chi connectivity index (χ0n) is 18.8. The average Bonchev–Trinajstić information content (AvgIpc) is 3.45. The molecule has 0 spiro atoms. The number of nitrogens with one attached hydrogen (secondary N) is 2. The molecule has 0 bridgehead atoms. The summed E-state index contributed by atoms with van der Waals surface area (Å²) < 4.78 is 40.1. The van der Waals surface area contributed by atoms with Crippen molar-refractivity contribution in [2.75, 3.05) is 19.0 Å². The molecular formula is C24H20F2N6O3. The topological polar surface area (TPSA) is 111 Å². The van der Waals surface area contributed by atoms with Crippen LogP contribution >= 0.6 is 0 Å². The normalized spacial score (nSPS) is 11.2. The van der Waals surface area contributed by atoms with E-state index >= 15 is 0 Å². The Hall–Kier alpha value is -4.54. The lowest BCUT2D eigenvalue weighted by Crippen LogP contribution is -2.13. The molecule has 0 saturated heterocycles. The Bertz CT molecular complexity index is 1570. The smallest absolute Gasteiger partial charge is 0.439 e. The monoisotopic (exact) mass is 478 g/mol. The number of ether oxygens (including phenoxy) is 1. The zero-order chi connectivity index (χ0) is 24.5. The van der Waals surface area contributed by atoms with E-state index in [4.69, 9.17) is 4.74 Å². The Kier molecular flexibility index (Phi) is 5.73. The van der Waals surface area contributed by atoms with E-state index in [1.54, 1.807) is 28.8 Å². The number of aromatic amines is 1. The number of halogens is 2. The fourth-order valence-corrected chi connectivity index (χ4v) is 3.99. The van der Waals surface area contributed by atoms with Gasteiger partial charge in [0.05, 0.1) is 18.3 Å². The number of anilines is 1. The second-order valence-electron chi connectivity index (χ2n) is 7.81. The Morgan fingerprint density at radius 3 is 2.60 bits per heavy atom. The van der Waals surface area contributed by atoms with Crippen LogP contribution < -0.4 is 15.8 Å². The van der Waals surface area contributed by atoms with Gasteiger partial charge >= 0.3 is 5.76 Å². The number of aryl methyl sites for hydroxylation is 1. The molecule has 11 heteroatoms. The van der Waals surface area contributed by atoms with Gasteiger partial charge in [-0.2, -0.15) is 0 Å². The van der Waals surface area contributed by atoms with Crippen molar-refractivity contribution in [2.24, 2.45) is 0 Å². The average molecular weight is 478 g/mol. The third-order valence-electron chi connectivity index (χ3n) is 5.67. The number of methoxy groups -OCH3 is 1. The Morgan fingerprint density at radius 2 is 1.89 bits per heavy atom. The van der Waals surface area contributed by atoms with E-state index in [-0.39, 0.29) is 11.3 Å². The summed E-state index contributed by atoms with van der Waals surface area (Å²) in [7, 11) is 1.43. The predicted octanol–water partition coefficient (Wildman–Crippen LogP) is 4.15. The second kappa shape index (κ2) is 9.01. The number of aromatic nitrogens is 5. The van der Waals surface area contributed by atoms with E-state index in [1.165, 1.54) is 13.4 Å². The molecule has 0 fully saturated rings. The Labute approximate surface area is 197 Å². The van der Waals surface area contributed by atoms with Crippen molar-refractivity contribution >= 4 is 16.7 Å². The predicted molar refractivity (Wildman–Crippen MR) is 125 cm³/mol. The lowest BCUT2D eigenvalue weighted by atomic mass is 10.1. The summed E-state index contributed by atoms with van der Waals surface area (Å²) in [5.41, 5.74) is 3.16. The molecule has 2 N–H and O–H groups in total. The Morgan fingerprint density at radius 1 is 1.11 bits per heavy atom. The summed E-state index contributed by atoms with van der Waals surface area (Å²) in [5, 5.41) is 7.40. The summed E-state index contributed by atoms with van der Waals surface area (Å²) in [4.78, 5) is 22.2. The molecule has 178 valence electrons. The van der Waals surface area contributed by atoms with E-state index in [0.717, 1.165) is 17.3 Å². The van der Waals surface area contributed by atoms with Gasteiger partial charge in [0.1, 0.15) is 17.9 Å². The molecule has 35 heavy (non-hydrogen) atoms. The molecule has 0 amide bonds. The van der Waals surface area contributed by atoms with Gasteiger partial charge in [-0.3, -0.25) is 9.51 Å². The van der Waals surface area contributed by atoms with Crippen molar-refractivity contribution < 1.29 is 18.0 Å². The molecule has 3 aromatic heterocycles. The van der Waals surface area contributed by atoms with Gasteiger partial charge in [-0.25, -0.2) is 23.5 Å². The molecule has 0 atom stereocenters. The first-order valence-electron chi connectivity index (χ1n) is 10.7. The van der Waals surface area contributed by atoms with Gasteiger partial charge in [0.15, 0.2) is 17.5 Å². The Balaban J connectivity index is 1.32. The van der Waals surface area contributed by atoms with Gasteiger partial charge < -0.3 is 14.6 Å². The number of benzene rings is 2. The highest BCUT2D eigenvalue weighted by Gasteiger charge is 2.18. The third kappa shape index (κ3) is 4.23. The van der Waals surface area contributed by atoms with Crippen molar-refractivity contribution in [1.82, 2.24) is 24.7 Å². The van der Waals surface area contributed by atoms with Gasteiger partial charge in [0, 0.05) is 47.4 Å². The largest absolute Gasteiger partial charge is 0.496 e. The van der Waals surface area contributed by atoms with Crippen molar-refractivity contribution in [3.63, 3.8) is 0 Å². The number of rotatable bonds is 7. The molecule has 0 saturated carbocycles. The lowest BCUT2D eigenvalue weighted by molar-refractivity contribution is 0.388. The molecule has 5 aromatic rings. The summed E-state index contributed by atoms with van der Waals surface area (Å²) in [5.74, 6) is -1.27. The summed E-state index contributed by atoms with van der Waals surface area (Å²) in [6.07, 6.45) is 1.44. The molecule has 0 aliphatic carbocycles. The minimum Gasteiger partial charge on any atom is -0.496 e. The van der Waals surface area contributed by atoms with Crippen LogP contribution in [0.15, 0.2) is 58.1 Å². The maximum absolute atomic E-state index is 14.6. The molecule has 0 aliphatic heterocycles. The number of hydrogen-bond acceptors (Lipinski definition) is 7. The van der Waals surface area contributed by atoms with Gasteiger partial charge in [-0.15, -0.1) is 0 Å². The second-order valence-corrected chi connectivity index (χ2v) is 7.81. The van der Waals surface area contributed by atoms with Crippen LogP contribution in [0.4, 0.5) is 14.6 Å². The van der Waals surface area contributed by atoms with E-state index in [1.807, 2.05) is 19.1 Å². The van der Waals surface area contributed by atoms with Crippen LogP contribution in [0.5, 0.6) is 5.75 Å². The highest BCUT2D eigenvalue weighted by Crippen LogP contribution is 2.32. The number of fused-ring (bicyclic) bond motifs is 1. The maximum Gasteiger partial charge on any atom is 0.439 e. The fraction of sp³-hybridized carbons (Fsp3) is 0.167. The van der Waals surface area contributed by atoms with Crippen molar-refractivity contribution in [1.29, 1.82) is 0 Å². The minimum atomic E-state index is -0.956. The molecule has 3 heterocycles. The molecular weight excluding hydrogens is 458 g/mol. The molecule has 0 aliphatic rings. The van der Waals surface area contributed by atoms with E-state index in [0.29, 0.717) is 41.4 Å². The summed E-state index contributed by atoms with van der Waals surface area (Å²) in [6.45, 7) is 2.62. The molecule has 5 rings (SSSR count). The minimum absolute atomic E-state index is 0.165. The summed E-state index contributed by atoms with van der Waals surface area (Å²) >= 11 is 0. The van der Waals surface area contributed by atoms with Crippen LogP contribution in [0.25, 0.3) is 33.5 Å². The third-order valence-corrected chi connectivity index (χ3v) is 5.67. The van der Waals surface area contributed by atoms with E-state index in [9.17, 15) is 13.6 Å². The van der Waals surface area contributed by atoms with Gasteiger partial charge in [-0.05, 0) is 13.0 Å². The van der Waals surface area contributed by atoms with E-state index in [2.05, 4.69) is 29.9 Å². The number of H-pyrrole nitrogens is 1. The highest BCUT2D eigenvalue weighted by atomic mass is 19.2. The SMILES string of the molecule is COc1cc(F)c(F)c2c1cc(C)n2CCNc1cc(-c2ccc(-c3noc(=O)[nH]3)cc2)ncn1. The number of nitrogens with zero attached hydrogens (tertiary/aromatic N) is 4.